The number of benzene rings is 2. The monoisotopic (exact) mass is 445 g/mol. The second kappa shape index (κ2) is 9.46. The lowest BCUT2D eigenvalue weighted by Gasteiger charge is -2.28. The average Bonchev–Trinajstić information content (AvgIpc) is 3.00. The van der Waals surface area contributed by atoms with Gasteiger partial charge >= 0.3 is 0 Å². The van der Waals surface area contributed by atoms with Crippen LogP contribution in [0, 0.1) is 5.82 Å². The minimum Gasteiger partial charge on any atom is -0.348 e. The van der Waals surface area contributed by atoms with E-state index in [9.17, 15) is 17.6 Å². The molecule has 1 N–H and O–H groups in total. The summed E-state index contributed by atoms with van der Waals surface area (Å²) in [5.41, 5.74) is 2.50. The number of hydrogen-bond donors (Lipinski definition) is 1. The van der Waals surface area contributed by atoms with E-state index >= 15 is 0 Å². The predicted molar refractivity (Wildman–Crippen MR) is 116 cm³/mol. The number of hydrogen-bond acceptors (Lipinski definition) is 4. The van der Waals surface area contributed by atoms with Crippen molar-refractivity contribution in [3.63, 3.8) is 0 Å². The highest BCUT2D eigenvalue weighted by Gasteiger charge is 2.28. The minimum atomic E-state index is -3.67. The van der Waals surface area contributed by atoms with Crippen LogP contribution < -0.4 is 5.32 Å². The van der Waals surface area contributed by atoms with E-state index < -0.39 is 15.8 Å². The summed E-state index contributed by atoms with van der Waals surface area (Å²) >= 11 is 0. The van der Waals surface area contributed by atoms with Gasteiger partial charge in [0.2, 0.25) is 15.9 Å². The Bertz CT molecular complexity index is 1030. The van der Waals surface area contributed by atoms with Gasteiger partial charge in [0, 0.05) is 19.6 Å². The number of carbonyl (C=O) groups is 1. The third kappa shape index (κ3) is 5.14. The number of amides is 1. The van der Waals surface area contributed by atoms with E-state index in [1.165, 1.54) is 27.6 Å². The molecule has 0 bridgehead atoms. The predicted octanol–water partition coefficient (Wildman–Crippen LogP) is 2.72. The molecular formula is C23H28FN3O3S. The number of fused-ring (bicyclic) bond motifs is 1. The van der Waals surface area contributed by atoms with Crippen LogP contribution in [0.1, 0.15) is 36.4 Å². The van der Waals surface area contributed by atoms with Gasteiger partial charge in [-0.15, -0.1) is 0 Å². The van der Waals surface area contributed by atoms with Gasteiger partial charge in [-0.3, -0.25) is 9.69 Å². The fraction of sp³-hybridized carbons (Fsp3) is 0.435. The molecule has 0 spiro atoms. The zero-order chi connectivity index (χ0) is 21.8. The maximum atomic E-state index is 13.2. The standard InChI is InChI=1S/C23H28FN3O3S/c24-19-9-11-20(12-10-19)31(29,30)27-14-4-13-26(15-16-27)17-23(28)25-22-8-3-6-18-5-1-2-7-21(18)22/h1-2,5,7,9-12,22H,3-4,6,8,13-17H2,(H,25,28). The van der Waals surface area contributed by atoms with Crippen molar-refractivity contribution in [3.8, 4) is 0 Å². The van der Waals surface area contributed by atoms with E-state index in [0.717, 1.165) is 31.4 Å². The molecule has 31 heavy (non-hydrogen) atoms. The van der Waals surface area contributed by atoms with Crippen LogP contribution in [-0.2, 0) is 21.2 Å². The summed E-state index contributed by atoms with van der Waals surface area (Å²) in [5.74, 6) is -0.496. The fourth-order valence-corrected chi connectivity index (χ4v) is 5.92. The number of sulfonamides is 1. The zero-order valence-electron chi connectivity index (χ0n) is 17.5. The molecule has 1 heterocycles. The first-order valence-corrected chi connectivity index (χ1v) is 12.2. The van der Waals surface area contributed by atoms with E-state index in [4.69, 9.17) is 0 Å². The molecule has 8 heteroatoms. The molecule has 1 amide bonds. The Morgan fingerprint density at radius 3 is 2.58 bits per heavy atom. The Labute approximate surface area is 183 Å². The highest BCUT2D eigenvalue weighted by molar-refractivity contribution is 7.89. The maximum Gasteiger partial charge on any atom is 0.243 e. The molecule has 1 fully saturated rings. The molecule has 166 valence electrons. The lowest BCUT2D eigenvalue weighted by Crippen LogP contribution is -2.41. The summed E-state index contributed by atoms with van der Waals surface area (Å²) in [5, 5.41) is 3.17. The van der Waals surface area contributed by atoms with Crippen LogP contribution in [0.4, 0.5) is 4.39 Å². The molecule has 0 aromatic heterocycles. The fourth-order valence-electron chi connectivity index (χ4n) is 4.45. The van der Waals surface area contributed by atoms with Gasteiger partial charge < -0.3 is 5.32 Å². The summed E-state index contributed by atoms with van der Waals surface area (Å²) in [6.45, 7) is 2.08. The van der Waals surface area contributed by atoms with E-state index in [1.807, 2.05) is 17.0 Å². The van der Waals surface area contributed by atoms with Crippen LogP contribution in [0.25, 0.3) is 0 Å². The van der Waals surface area contributed by atoms with E-state index in [2.05, 4.69) is 17.4 Å². The van der Waals surface area contributed by atoms with Gasteiger partial charge in [0.15, 0.2) is 0 Å². The Kier molecular flexibility index (Phi) is 6.69. The maximum absolute atomic E-state index is 13.2. The van der Waals surface area contributed by atoms with Crippen LogP contribution in [-0.4, -0.2) is 56.3 Å². The Morgan fingerprint density at radius 1 is 1.00 bits per heavy atom. The van der Waals surface area contributed by atoms with Crippen molar-refractivity contribution < 1.29 is 17.6 Å². The number of aryl methyl sites for hydroxylation is 1. The van der Waals surface area contributed by atoms with Crippen molar-refractivity contribution in [1.29, 1.82) is 0 Å². The van der Waals surface area contributed by atoms with E-state index in [-0.39, 0.29) is 23.4 Å². The van der Waals surface area contributed by atoms with Gasteiger partial charge in [0.1, 0.15) is 5.82 Å². The van der Waals surface area contributed by atoms with Crippen LogP contribution in [0.3, 0.4) is 0 Å². The van der Waals surface area contributed by atoms with Crippen molar-refractivity contribution in [3.05, 3.63) is 65.5 Å². The molecule has 2 aliphatic rings. The largest absolute Gasteiger partial charge is 0.348 e. The quantitative estimate of drug-likeness (QED) is 0.768. The van der Waals surface area contributed by atoms with E-state index in [1.54, 1.807) is 0 Å². The number of carbonyl (C=O) groups excluding carboxylic acids is 1. The highest BCUT2D eigenvalue weighted by atomic mass is 32.2. The Balaban J connectivity index is 1.34. The summed E-state index contributed by atoms with van der Waals surface area (Å²) in [7, 11) is -3.67. The highest BCUT2D eigenvalue weighted by Crippen LogP contribution is 2.29. The van der Waals surface area contributed by atoms with Gasteiger partial charge in [-0.1, -0.05) is 24.3 Å². The number of nitrogens with zero attached hydrogens (tertiary/aromatic N) is 2. The molecule has 1 atom stereocenters. The summed E-state index contributed by atoms with van der Waals surface area (Å²) < 4.78 is 40.3. The summed E-state index contributed by atoms with van der Waals surface area (Å²) in [6, 6.07) is 13.2. The molecule has 2 aromatic rings. The molecule has 4 rings (SSSR count). The van der Waals surface area contributed by atoms with Crippen LogP contribution >= 0.6 is 0 Å². The van der Waals surface area contributed by atoms with Crippen molar-refractivity contribution in [2.75, 3.05) is 32.7 Å². The van der Waals surface area contributed by atoms with Crippen molar-refractivity contribution in [1.82, 2.24) is 14.5 Å². The smallest absolute Gasteiger partial charge is 0.243 e. The second-order valence-corrected chi connectivity index (χ2v) is 10.1. The number of nitrogens with one attached hydrogen (secondary N) is 1. The molecule has 1 unspecified atom stereocenters. The summed E-state index contributed by atoms with van der Waals surface area (Å²) in [4.78, 5) is 14.8. The molecule has 2 aromatic carbocycles. The molecule has 6 nitrogen and oxygen atoms in total. The molecule has 1 aliphatic carbocycles. The summed E-state index contributed by atoms with van der Waals surface area (Å²) in [6.07, 6.45) is 3.68. The van der Waals surface area contributed by atoms with Gasteiger partial charge in [-0.05, 0) is 67.6 Å². The lowest BCUT2D eigenvalue weighted by atomic mass is 9.88. The molecule has 1 saturated heterocycles. The number of halogens is 1. The molecule has 1 aliphatic heterocycles. The topological polar surface area (TPSA) is 69.7 Å². The molecule has 0 radical (unpaired) electrons. The normalized spacial score (nSPS) is 20.6. The van der Waals surface area contributed by atoms with Crippen molar-refractivity contribution in [2.45, 2.75) is 36.6 Å². The minimum absolute atomic E-state index is 0.0310. The van der Waals surface area contributed by atoms with Crippen LogP contribution in [0.15, 0.2) is 53.4 Å². The first-order valence-electron chi connectivity index (χ1n) is 10.8. The second-order valence-electron chi connectivity index (χ2n) is 8.20. The van der Waals surface area contributed by atoms with E-state index in [0.29, 0.717) is 32.6 Å². The Hall–Kier alpha value is -2.29. The first kappa shape index (κ1) is 21.9. The SMILES string of the molecule is O=C(CN1CCCN(S(=O)(=O)c2ccc(F)cc2)CC1)NC1CCCc2ccccc21. The number of rotatable bonds is 5. The van der Waals surface area contributed by atoms with Gasteiger partial charge in [-0.25, -0.2) is 12.8 Å². The molecule has 0 saturated carbocycles. The van der Waals surface area contributed by atoms with Gasteiger partial charge in [0.25, 0.3) is 0 Å². The lowest BCUT2D eigenvalue weighted by molar-refractivity contribution is -0.123. The van der Waals surface area contributed by atoms with Crippen molar-refractivity contribution >= 4 is 15.9 Å². The molecular weight excluding hydrogens is 417 g/mol. The third-order valence-corrected chi connectivity index (χ3v) is 7.98. The van der Waals surface area contributed by atoms with Crippen LogP contribution in [0.2, 0.25) is 0 Å². The first-order chi connectivity index (χ1) is 14.9. The zero-order valence-corrected chi connectivity index (χ0v) is 18.3. The van der Waals surface area contributed by atoms with Crippen LogP contribution in [0.5, 0.6) is 0 Å². The van der Waals surface area contributed by atoms with Crippen molar-refractivity contribution in [2.24, 2.45) is 0 Å². The van der Waals surface area contributed by atoms with Gasteiger partial charge in [-0.2, -0.15) is 4.31 Å². The van der Waals surface area contributed by atoms with Gasteiger partial charge in [0.05, 0.1) is 17.5 Å². The third-order valence-electron chi connectivity index (χ3n) is 6.07. The average molecular weight is 446 g/mol. The Morgan fingerprint density at radius 2 is 1.77 bits per heavy atom.